The van der Waals surface area contributed by atoms with E-state index in [9.17, 15) is 4.79 Å². The van der Waals surface area contributed by atoms with Crippen LogP contribution in [0.4, 0.5) is 5.69 Å². The van der Waals surface area contributed by atoms with Crippen LogP contribution in [0.15, 0.2) is 24.3 Å². The molecule has 5 heteroatoms. The summed E-state index contributed by atoms with van der Waals surface area (Å²) in [7, 11) is 1.64. The average molecular weight is 375 g/mol. The van der Waals surface area contributed by atoms with Gasteiger partial charge in [0.05, 0.1) is 0 Å². The van der Waals surface area contributed by atoms with Crippen LogP contribution < -0.4 is 10.1 Å². The van der Waals surface area contributed by atoms with Crippen molar-refractivity contribution in [3.8, 4) is 5.75 Å². The first-order valence-corrected chi connectivity index (χ1v) is 10.4. The van der Waals surface area contributed by atoms with E-state index in [0.29, 0.717) is 6.61 Å². The van der Waals surface area contributed by atoms with Gasteiger partial charge in [-0.2, -0.15) is 0 Å². The molecule has 1 aliphatic heterocycles. The van der Waals surface area contributed by atoms with Crippen LogP contribution in [0, 0.1) is 5.92 Å². The van der Waals surface area contributed by atoms with E-state index in [4.69, 9.17) is 9.47 Å². The Morgan fingerprint density at radius 1 is 1.19 bits per heavy atom. The van der Waals surface area contributed by atoms with Crippen LogP contribution in [-0.2, 0) is 9.53 Å². The first kappa shape index (κ1) is 20.2. The monoisotopic (exact) mass is 374 g/mol. The molecule has 1 heterocycles. The third kappa shape index (κ3) is 5.45. The summed E-state index contributed by atoms with van der Waals surface area (Å²) in [6.07, 6.45) is 7.50. The summed E-state index contributed by atoms with van der Waals surface area (Å²) in [6, 6.07) is 7.66. The Morgan fingerprint density at radius 3 is 2.59 bits per heavy atom. The molecular weight excluding hydrogens is 340 g/mol. The Morgan fingerprint density at radius 2 is 1.93 bits per heavy atom. The molecule has 1 saturated carbocycles. The molecule has 0 aromatic heterocycles. The zero-order chi connectivity index (χ0) is 19.1. The third-order valence-corrected chi connectivity index (χ3v) is 6.00. The number of carbonyl (C=O) groups is 1. The Labute approximate surface area is 163 Å². The number of anilines is 1. The second-order valence-electron chi connectivity index (χ2n) is 8.13. The molecule has 1 saturated heterocycles. The van der Waals surface area contributed by atoms with Crippen LogP contribution in [0.1, 0.15) is 51.9 Å². The molecule has 27 heavy (non-hydrogen) atoms. The van der Waals surface area contributed by atoms with Crippen molar-refractivity contribution in [3.05, 3.63) is 24.3 Å². The Hall–Kier alpha value is -1.59. The highest BCUT2D eigenvalue weighted by Gasteiger charge is 2.39. The topological polar surface area (TPSA) is 50.8 Å². The number of hydrogen-bond donors (Lipinski definition) is 1. The van der Waals surface area contributed by atoms with E-state index in [1.54, 1.807) is 7.11 Å². The van der Waals surface area contributed by atoms with E-state index in [1.165, 1.54) is 32.4 Å². The second-order valence-corrected chi connectivity index (χ2v) is 8.13. The lowest BCUT2D eigenvalue weighted by Crippen LogP contribution is -2.46. The minimum atomic E-state index is -0.668. The van der Waals surface area contributed by atoms with Crippen molar-refractivity contribution in [1.29, 1.82) is 0 Å². The molecule has 0 bridgehead atoms. The van der Waals surface area contributed by atoms with E-state index >= 15 is 0 Å². The molecule has 0 radical (unpaired) electrons. The smallest absolute Gasteiger partial charge is 0.256 e. The summed E-state index contributed by atoms with van der Waals surface area (Å²) < 4.78 is 11.5. The molecular formula is C22H34N2O3. The quantitative estimate of drug-likeness (QED) is 0.781. The molecule has 1 aromatic carbocycles. The zero-order valence-corrected chi connectivity index (χ0v) is 16.8. The zero-order valence-electron chi connectivity index (χ0n) is 16.8. The summed E-state index contributed by atoms with van der Waals surface area (Å²) in [6.45, 7) is 6.35. The maximum absolute atomic E-state index is 12.7. The van der Waals surface area contributed by atoms with Gasteiger partial charge in [0.15, 0.2) is 0 Å². The fourth-order valence-electron chi connectivity index (χ4n) is 4.31. The van der Waals surface area contributed by atoms with Crippen molar-refractivity contribution in [3.63, 3.8) is 0 Å². The first-order valence-electron chi connectivity index (χ1n) is 10.4. The number of hydrogen-bond acceptors (Lipinski definition) is 4. The first-order chi connectivity index (χ1) is 13.1. The molecule has 1 N–H and O–H groups in total. The highest BCUT2D eigenvalue weighted by Crippen LogP contribution is 2.32. The minimum Gasteiger partial charge on any atom is -0.492 e. The molecule has 1 aromatic rings. The number of rotatable bonds is 7. The molecule has 0 spiro atoms. The molecule has 1 aliphatic carbocycles. The van der Waals surface area contributed by atoms with Crippen molar-refractivity contribution in [2.45, 2.75) is 57.5 Å². The molecule has 1 amide bonds. The van der Waals surface area contributed by atoms with Gasteiger partial charge in [-0.1, -0.05) is 26.2 Å². The molecule has 5 nitrogen and oxygen atoms in total. The van der Waals surface area contributed by atoms with Gasteiger partial charge in [0.25, 0.3) is 5.91 Å². The van der Waals surface area contributed by atoms with Gasteiger partial charge in [-0.3, -0.25) is 9.69 Å². The number of methoxy groups -OCH3 is 1. The lowest BCUT2D eigenvalue weighted by Gasteiger charge is -2.34. The number of carbonyl (C=O) groups excluding carboxylic acids is 1. The lowest BCUT2D eigenvalue weighted by molar-refractivity contribution is -0.141. The maximum Gasteiger partial charge on any atom is 0.256 e. The van der Waals surface area contributed by atoms with Gasteiger partial charge in [0, 0.05) is 25.9 Å². The molecule has 2 aliphatic rings. The number of nitrogens with one attached hydrogen (secondary N) is 1. The number of ether oxygens (including phenoxy) is 2. The standard InChI is InChI=1S/C22H34N2O3/c1-18-7-6-14-24(17-18)15-16-27-20-10-8-19(9-11-20)23-21(25)22(26-2)12-4-3-5-13-22/h8-11,18H,3-7,12-17H2,1-2H3,(H,23,25)/t18-/m1/s1. The fourth-order valence-corrected chi connectivity index (χ4v) is 4.31. The summed E-state index contributed by atoms with van der Waals surface area (Å²) in [5.74, 6) is 1.61. The van der Waals surface area contributed by atoms with Gasteiger partial charge in [-0.15, -0.1) is 0 Å². The van der Waals surface area contributed by atoms with E-state index in [-0.39, 0.29) is 5.91 Å². The van der Waals surface area contributed by atoms with E-state index < -0.39 is 5.60 Å². The normalized spacial score (nSPS) is 23.0. The van der Waals surface area contributed by atoms with Crippen molar-refractivity contribution in [2.24, 2.45) is 5.92 Å². The van der Waals surface area contributed by atoms with Crippen LogP contribution in [-0.4, -0.2) is 49.8 Å². The van der Waals surface area contributed by atoms with E-state index in [1.807, 2.05) is 24.3 Å². The van der Waals surface area contributed by atoms with Gasteiger partial charge in [-0.05, 0) is 62.4 Å². The number of benzene rings is 1. The van der Waals surface area contributed by atoms with Gasteiger partial charge in [0.1, 0.15) is 18.0 Å². The molecule has 3 rings (SSSR count). The average Bonchev–Trinajstić information content (AvgIpc) is 2.70. The van der Waals surface area contributed by atoms with Crippen molar-refractivity contribution >= 4 is 11.6 Å². The van der Waals surface area contributed by atoms with E-state index in [0.717, 1.165) is 49.6 Å². The van der Waals surface area contributed by atoms with Gasteiger partial charge in [0.2, 0.25) is 0 Å². The Kier molecular flexibility index (Phi) is 7.13. The minimum absolute atomic E-state index is 0.0300. The van der Waals surface area contributed by atoms with Crippen molar-refractivity contribution in [2.75, 3.05) is 38.7 Å². The van der Waals surface area contributed by atoms with Gasteiger partial charge < -0.3 is 14.8 Å². The Balaban J connectivity index is 1.46. The molecule has 1 atom stereocenters. The maximum atomic E-state index is 12.7. The SMILES string of the molecule is COC1(C(=O)Nc2ccc(OCCN3CCC[C@@H](C)C3)cc2)CCCCC1. The number of piperidine rings is 1. The van der Waals surface area contributed by atoms with Crippen LogP contribution in [0.5, 0.6) is 5.75 Å². The molecule has 0 unspecified atom stereocenters. The second kappa shape index (κ2) is 9.56. The summed E-state index contributed by atoms with van der Waals surface area (Å²) in [5, 5.41) is 3.02. The highest BCUT2D eigenvalue weighted by molar-refractivity contribution is 5.97. The fraction of sp³-hybridized carbons (Fsp3) is 0.682. The van der Waals surface area contributed by atoms with Crippen molar-refractivity contribution in [1.82, 2.24) is 4.90 Å². The predicted octanol–water partition coefficient (Wildman–Crippen LogP) is 4.09. The third-order valence-electron chi connectivity index (χ3n) is 6.00. The number of amides is 1. The van der Waals surface area contributed by atoms with E-state index in [2.05, 4.69) is 17.1 Å². The van der Waals surface area contributed by atoms with Crippen LogP contribution in [0.3, 0.4) is 0 Å². The number of likely N-dealkylation sites (tertiary alicyclic amines) is 1. The van der Waals surface area contributed by atoms with Gasteiger partial charge >= 0.3 is 0 Å². The summed E-state index contributed by atoms with van der Waals surface area (Å²) in [5.41, 5.74) is 0.123. The largest absolute Gasteiger partial charge is 0.492 e. The summed E-state index contributed by atoms with van der Waals surface area (Å²) in [4.78, 5) is 15.2. The predicted molar refractivity (Wildman–Crippen MR) is 108 cm³/mol. The molecule has 2 fully saturated rings. The van der Waals surface area contributed by atoms with Crippen LogP contribution >= 0.6 is 0 Å². The number of nitrogens with zero attached hydrogens (tertiary/aromatic N) is 1. The lowest BCUT2D eigenvalue weighted by atomic mass is 9.84. The molecule has 150 valence electrons. The highest BCUT2D eigenvalue weighted by atomic mass is 16.5. The van der Waals surface area contributed by atoms with Gasteiger partial charge in [-0.25, -0.2) is 0 Å². The van der Waals surface area contributed by atoms with Crippen molar-refractivity contribution < 1.29 is 14.3 Å². The van der Waals surface area contributed by atoms with Crippen LogP contribution in [0.2, 0.25) is 0 Å². The summed E-state index contributed by atoms with van der Waals surface area (Å²) >= 11 is 0. The van der Waals surface area contributed by atoms with Crippen LogP contribution in [0.25, 0.3) is 0 Å². The Bertz CT molecular complexity index is 596.